The van der Waals surface area contributed by atoms with Gasteiger partial charge in [0, 0.05) is 18.5 Å². The van der Waals surface area contributed by atoms with Crippen molar-refractivity contribution in [3.8, 4) is 6.07 Å². The van der Waals surface area contributed by atoms with Crippen LogP contribution < -0.4 is 5.32 Å². The zero-order valence-corrected chi connectivity index (χ0v) is 18.3. The Hall–Kier alpha value is -3.59. The molecule has 4 rings (SSSR count). The average Bonchev–Trinajstić information content (AvgIpc) is 3.20. The lowest BCUT2D eigenvalue weighted by atomic mass is 9.89. The molecule has 2 aromatic carbocycles. The maximum atomic E-state index is 13.1. The lowest BCUT2D eigenvalue weighted by molar-refractivity contribution is 0.0600. The van der Waals surface area contributed by atoms with Crippen molar-refractivity contribution in [1.29, 1.82) is 5.26 Å². The number of aromatic nitrogens is 1. The molecular formula is C26H27N3O3. The van der Waals surface area contributed by atoms with E-state index in [9.17, 15) is 14.9 Å². The summed E-state index contributed by atoms with van der Waals surface area (Å²) in [5.74, 6) is 0.0578. The Morgan fingerprint density at radius 2 is 1.84 bits per heavy atom. The van der Waals surface area contributed by atoms with Crippen molar-refractivity contribution < 1.29 is 14.3 Å². The van der Waals surface area contributed by atoms with Crippen molar-refractivity contribution in [2.24, 2.45) is 5.92 Å². The molecule has 1 saturated carbocycles. The van der Waals surface area contributed by atoms with Gasteiger partial charge < -0.3 is 14.6 Å². The molecule has 1 N–H and O–H groups in total. The molecule has 0 saturated heterocycles. The van der Waals surface area contributed by atoms with E-state index in [1.807, 2.05) is 34.9 Å². The topological polar surface area (TPSA) is 84.1 Å². The molecule has 3 aromatic rings. The Labute approximate surface area is 187 Å². The number of hydrogen-bond donors (Lipinski definition) is 1. The maximum absolute atomic E-state index is 13.1. The van der Waals surface area contributed by atoms with E-state index in [-0.39, 0.29) is 11.9 Å². The summed E-state index contributed by atoms with van der Waals surface area (Å²) in [5, 5.41) is 13.4. The van der Waals surface area contributed by atoms with Crippen LogP contribution in [0.3, 0.4) is 0 Å². The van der Waals surface area contributed by atoms with E-state index in [0.29, 0.717) is 35.8 Å². The van der Waals surface area contributed by atoms with Crippen LogP contribution in [-0.2, 0) is 11.3 Å². The van der Waals surface area contributed by atoms with Crippen molar-refractivity contribution in [2.45, 2.75) is 38.6 Å². The Morgan fingerprint density at radius 1 is 1.09 bits per heavy atom. The molecule has 1 amide bonds. The number of benzene rings is 2. The number of esters is 1. The van der Waals surface area contributed by atoms with Crippen LogP contribution >= 0.6 is 0 Å². The molecule has 1 heterocycles. The minimum absolute atomic E-state index is 0.100. The third-order valence-electron chi connectivity index (χ3n) is 6.26. The number of methoxy groups -OCH3 is 1. The van der Waals surface area contributed by atoms with E-state index >= 15 is 0 Å². The monoisotopic (exact) mass is 429 g/mol. The van der Waals surface area contributed by atoms with Crippen molar-refractivity contribution in [2.75, 3.05) is 13.7 Å². The Morgan fingerprint density at radius 3 is 2.53 bits per heavy atom. The third-order valence-corrected chi connectivity index (χ3v) is 6.26. The van der Waals surface area contributed by atoms with Crippen LogP contribution in [0.15, 0.2) is 48.5 Å². The molecule has 0 unspecified atom stereocenters. The maximum Gasteiger partial charge on any atom is 0.337 e. The first-order valence-corrected chi connectivity index (χ1v) is 11.1. The molecule has 1 aromatic heterocycles. The van der Waals surface area contributed by atoms with Gasteiger partial charge in [-0.2, -0.15) is 5.26 Å². The molecule has 0 atom stereocenters. The van der Waals surface area contributed by atoms with Gasteiger partial charge in [-0.25, -0.2) is 4.79 Å². The number of hydrogen-bond acceptors (Lipinski definition) is 4. The number of amides is 1. The molecule has 1 fully saturated rings. The molecule has 1 aliphatic carbocycles. The second-order valence-electron chi connectivity index (χ2n) is 8.40. The third kappa shape index (κ3) is 4.67. The van der Waals surface area contributed by atoms with E-state index in [0.717, 1.165) is 16.5 Å². The first-order chi connectivity index (χ1) is 15.6. The number of nitrogens with zero attached hydrogens (tertiary/aromatic N) is 2. The second kappa shape index (κ2) is 9.69. The van der Waals surface area contributed by atoms with Gasteiger partial charge in [0.05, 0.1) is 29.8 Å². The van der Waals surface area contributed by atoms with Gasteiger partial charge in [0.1, 0.15) is 5.69 Å². The molecule has 0 aliphatic heterocycles. The summed E-state index contributed by atoms with van der Waals surface area (Å²) in [6.45, 7) is 1.14. The standard InChI is InChI=1S/C26H27N3O3/c1-32-26(31)21-10-7-19(8-11-21)17-29-23-13-20(15-27)9-12-22(23)14-24(29)25(30)28-16-18-5-3-2-4-6-18/h7-14,18H,2-6,16-17H2,1H3,(H,28,30). The lowest BCUT2D eigenvalue weighted by Crippen LogP contribution is -2.31. The van der Waals surface area contributed by atoms with Gasteiger partial charge >= 0.3 is 5.97 Å². The van der Waals surface area contributed by atoms with Gasteiger partial charge in [-0.15, -0.1) is 0 Å². The molecule has 32 heavy (non-hydrogen) atoms. The highest BCUT2D eigenvalue weighted by Gasteiger charge is 2.19. The Balaban J connectivity index is 1.63. The molecular weight excluding hydrogens is 402 g/mol. The van der Waals surface area contributed by atoms with Crippen LogP contribution in [0.1, 0.15) is 64.1 Å². The van der Waals surface area contributed by atoms with Crippen molar-refractivity contribution in [1.82, 2.24) is 9.88 Å². The number of fused-ring (bicyclic) bond motifs is 1. The first-order valence-electron chi connectivity index (χ1n) is 11.1. The number of rotatable bonds is 6. The van der Waals surface area contributed by atoms with Gasteiger partial charge in [-0.05, 0) is 54.7 Å². The zero-order chi connectivity index (χ0) is 22.5. The first kappa shape index (κ1) is 21.6. The molecule has 0 radical (unpaired) electrons. The van der Waals surface area contributed by atoms with E-state index in [1.54, 1.807) is 18.2 Å². The van der Waals surface area contributed by atoms with Crippen LogP contribution in [0.4, 0.5) is 0 Å². The van der Waals surface area contributed by atoms with Crippen LogP contribution in [-0.4, -0.2) is 30.1 Å². The molecule has 1 aliphatic rings. The minimum atomic E-state index is -0.385. The number of carbonyl (C=O) groups is 2. The molecule has 164 valence electrons. The highest BCUT2D eigenvalue weighted by molar-refractivity contribution is 5.99. The minimum Gasteiger partial charge on any atom is -0.465 e. The second-order valence-corrected chi connectivity index (χ2v) is 8.40. The van der Waals surface area contributed by atoms with Gasteiger partial charge in [-0.3, -0.25) is 4.79 Å². The summed E-state index contributed by atoms with van der Waals surface area (Å²) in [7, 11) is 1.35. The van der Waals surface area contributed by atoms with Crippen LogP contribution in [0, 0.1) is 17.2 Å². The number of nitrogens with one attached hydrogen (secondary N) is 1. The van der Waals surface area contributed by atoms with Gasteiger partial charge in [0.25, 0.3) is 5.91 Å². The zero-order valence-electron chi connectivity index (χ0n) is 18.3. The summed E-state index contributed by atoms with van der Waals surface area (Å²) in [6.07, 6.45) is 6.09. The fraction of sp³-hybridized carbons (Fsp3) is 0.346. The summed E-state index contributed by atoms with van der Waals surface area (Å²) >= 11 is 0. The molecule has 0 bridgehead atoms. The SMILES string of the molecule is COC(=O)c1ccc(Cn2c(C(=O)NCC3CCCCC3)cc3ccc(C#N)cc32)cc1. The summed E-state index contributed by atoms with van der Waals surface area (Å²) in [5.41, 5.74) is 3.38. The normalized spacial score (nSPS) is 14.1. The molecule has 6 heteroatoms. The number of ether oxygens (including phenoxy) is 1. The van der Waals surface area contributed by atoms with E-state index in [2.05, 4.69) is 11.4 Å². The van der Waals surface area contributed by atoms with Crippen LogP contribution in [0.5, 0.6) is 0 Å². The summed E-state index contributed by atoms with van der Waals surface area (Å²) in [4.78, 5) is 24.9. The fourth-order valence-corrected chi connectivity index (χ4v) is 4.45. The van der Waals surface area contributed by atoms with Gasteiger partial charge in [0.15, 0.2) is 0 Å². The smallest absolute Gasteiger partial charge is 0.337 e. The predicted octanol–water partition coefficient (Wildman–Crippen LogP) is 4.66. The highest BCUT2D eigenvalue weighted by atomic mass is 16.5. The Kier molecular flexibility index (Phi) is 6.55. The lowest BCUT2D eigenvalue weighted by Gasteiger charge is -2.22. The molecule has 0 spiro atoms. The summed E-state index contributed by atoms with van der Waals surface area (Å²) in [6, 6.07) is 16.7. The van der Waals surface area contributed by atoms with Crippen LogP contribution in [0.2, 0.25) is 0 Å². The highest BCUT2D eigenvalue weighted by Crippen LogP contribution is 2.25. The van der Waals surface area contributed by atoms with Crippen molar-refractivity contribution >= 4 is 22.8 Å². The predicted molar refractivity (Wildman–Crippen MR) is 122 cm³/mol. The number of nitriles is 1. The van der Waals surface area contributed by atoms with E-state index in [4.69, 9.17) is 4.74 Å². The van der Waals surface area contributed by atoms with Crippen molar-refractivity contribution in [3.05, 3.63) is 70.9 Å². The van der Waals surface area contributed by atoms with Crippen LogP contribution in [0.25, 0.3) is 10.9 Å². The Bertz CT molecular complexity index is 1170. The van der Waals surface area contributed by atoms with E-state index in [1.165, 1.54) is 39.2 Å². The quantitative estimate of drug-likeness (QED) is 0.578. The fourth-order valence-electron chi connectivity index (χ4n) is 4.45. The average molecular weight is 430 g/mol. The number of carbonyl (C=O) groups excluding carboxylic acids is 2. The van der Waals surface area contributed by atoms with Gasteiger partial charge in [0.2, 0.25) is 0 Å². The van der Waals surface area contributed by atoms with Gasteiger partial charge in [-0.1, -0.05) is 37.5 Å². The van der Waals surface area contributed by atoms with Crippen molar-refractivity contribution in [3.63, 3.8) is 0 Å². The largest absolute Gasteiger partial charge is 0.465 e. The van der Waals surface area contributed by atoms with E-state index < -0.39 is 0 Å². The molecule has 6 nitrogen and oxygen atoms in total. The summed E-state index contributed by atoms with van der Waals surface area (Å²) < 4.78 is 6.71.